The topological polar surface area (TPSA) is 138 Å². The number of carboxylic acid groups (broad SMARTS) is 3. The van der Waals surface area contributed by atoms with E-state index in [-0.39, 0.29) is 12.2 Å². The van der Waals surface area contributed by atoms with E-state index in [4.69, 9.17) is 15.3 Å². The van der Waals surface area contributed by atoms with Crippen LogP contribution in [0, 0.1) is 0 Å². The molecule has 31 heteroatoms. The molecule has 0 aromatic heterocycles. The van der Waals surface area contributed by atoms with Gasteiger partial charge in [0.15, 0.2) is 0 Å². The molecule has 0 saturated heterocycles. The predicted molar refractivity (Wildman–Crippen MR) is 119 cm³/mol. The molecule has 310 valence electrons. The molecule has 0 amide bonds. The van der Waals surface area contributed by atoms with Gasteiger partial charge >= 0.3 is 89.5 Å². The average Bonchev–Trinajstić information content (AvgIpc) is 2.94. The van der Waals surface area contributed by atoms with E-state index in [9.17, 15) is 120 Å². The van der Waals surface area contributed by atoms with Gasteiger partial charge in [-0.3, -0.25) is 0 Å². The number of carbonyl (C=O) groups excluding carboxylic acids is 1. The summed E-state index contributed by atoms with van der Waals surface area (Å²) in [7, 11) is 0. The molecule has 0 aliphatic heterocycles. The maximum absolute atomic E-state index is 13.6. The highest BCUT2D eigenvalue weighted by Crippen LogP contribution is 2.67. The summed E-state index contributed by atoms with van der Waals surface area (Å²) in [4.78, 5) is 39.1. The van der Waals surface area contributed by atoms with Crippen LogP contribution in [-0.4, -0.2) is 105 Å². The summed E-state index contributed by atoms with van der Waals surface area (Å²) < 4.78 is 305. The standard InChI is InChI=1S/C15H5F23O2.C4H4O4.C3H4O2/c1-2-3-4(39)40-15(37,38)13(32,33)11(28,29)9(24,25)7(20,21)5(16,17)6(18,19)8(22,23)10(26,27)12(30,31)14(34,35)36;5-3(6)1-2-4(7)8;1-2-3(4)5/h2-3H,1H3;1-2H,(H,5,6)(H,7,8);2H,1H2,(H,4,5)/b3-2+;2-1-;. The van der Waals surface area contributed by atoms with Crippen molar-refractivity contribution in [3.63, 3.8) is 0 Å². The van der Waals surface area contributed by atoms with Crippen molar-refractivity contribution in [3.05, 3.63) is 37.0 Å². The quantitative estimate of drug-likeness (QED) is 0.0911. The van der Waals surface area contributed by atoms with Gasteiger partial charge in [-0.05, 0) is 6.92 Å². The number of halogens is 23. The van der Waals surface area contributed by atoms with Gasteiger partial charge in [0, 0.05) is 24.3 Å². The first-order valence-corrected chi connectivity index (χ1v) is 11.5. The summed E-state index contributed by atoms with van der Waals surface area (Å²) in [6.07, 6.45) is -13.8. The third-order valence-electron chi connectivity index (χ3n) is 4.95. The van der Waals surface area contributed by atoms with Gasteiger partial charge in [-0.25, -0.2) is 19.2 Å². The minimum atomic E-state index is -9.48. The van der Waals surface area contributed by atoms with Gasteiger partial charge in [-0.1, -0.05) is 12.7 Å². The lowest BCUT2D eigenvalue weighted by Gasteiger charge is -2.44. The number of carbonyl (C=O) groups is 4. The number of allylic oxidation sites excluding steroid dienone is 1. The summed E-state index contributed by atoms with van der Waals surface area (Å²) in [5.41, 5.74) is 0. The van der Waals surface area contributed by atoms with Crippen LogP contribution in [0.3, 0.4) is 0 Å². The van der Waals surface area contributed by atoms with E-state index < -0.39 is 89.5 Å². The lowest BCUT2D eigenvalue weighted by Crippen LogP contribution is -2.77. The molecule has 8 nitrogen and oxygen atoms in total. The van der Waals surface area contributed by atoms with Gasteiger partial charge < -0.3 is 20.1 Å². The van der Waals surface area contributed by atoms with Crippen LogP contribution in [-0.2, 0) is 23.9 Å². The maximum Gasteiger partial charge on any atom is 0.473 e. The Morgan fingerprint density at radius 3 is 0.849 bits per heavy atom. The van der Waals surface area contributed by atoms with Gasteiger partial charge in [0.25, 0.3) is 0 Å². The molecule has 0 unspecified atom stereocenters. The molecule has 0 aliphatic rings. The van der Waals surface area contributed by atoms with Crippen LogP contribution in [0.15, 0.2) is 37.0 Å². The van der Waals surface area contributed by atoms with Crippen molar-refractivity contribution in [2.75, 3.05) is 0 Å². The molecule has 0 fully saturated rings. The van der Waals surface area contributed by atoms with E-state index in [1.54, 1.807) is 0 Å². The van der Waals surface area contributed by atoms with Crippen LogP contribution in [0.5, 0.6) is 0 Å². The zero-order chi connectivity index (χ0) is 44.1. The third-order valence-corrected chi connectivity index (χ3v) is 4.95. The number of ether oxygens (including phenoxy) is 1. The van der Waals surface area contributed by atoms with Crippen LogP contribution < -0.4 is 0 Å². The molecule has 0 aromatic carbocycles. The fourth-order valence-electron chi connectivity index (χ4n) is 2.24. The zero-order valence-corrected chi connectivity index (χ0v) is 24.2. The van der Waals surface area contributed by atoms with E-state index in [0.717, 1.165) is 6.08 Å². The van der Waals surface area contributed by atoms with Crippen molar-refractivity contribution in [2.24, 2.45) is 0 Å². The predicted octanol–water partition coefficient (Wildman–Crippen LogP) is 7.95. The lowest BCUT2D eigenvalue weighted by molar-refractivity contribution is -0.484. The monoisotopic (exact) mass is 842 g/mol. The summed E-state index contributed by atoms with van der Waals surface area (Å²) in [6.45, 7) is 3.63. The normalized spacial score (nSPS) is 14.5. The van der Waals surface area contributed by atoms with Crippen molar-refractivity contribution in [3.8, 4) is 0 Å². The molecule has 0 bridgehead atoms. The Labute approximate surface area is 274 Å². The molecule has 3 N–H and O–H groups in total. The highest BCUT2D eigenvalue weighted by Gasteiger charge is 2.99. The Balaban J connectivity index is -0.00000162. The summed E-state index contributed by atoms with van der Waals surface area (Å²) in [5, 5.41) is 23.2. The van der Waals surface area contributed by atoms with E-state index >= 15 is 0 Å². The third kappa shape index (κ3) is 9.73. The summed E-state index contributed by atoms with van der Waals surface area (Å²) >= 11 is 0. The summed E-state index contributed by atoms with van der Waals surface area (Å²) in [6, 6.07) is 0. The van der Waals surface area contributed by atoms with Gasteiger partial charge in [0.2, 0.25) is 0 Å². The molecule has 0 radical (unpaired) electrons. The van der Waals surface area contributed by atoms with E-state index in [0.29, 0.717) is 19.1 Å². The maximum atomic E-state index is 13.6. The largest absolute Gasteiger partial charge is 0.478 e. The van der Waals surface area contributed by atoms with Gasteiger partial charge in [0.05, 0.1) is 0 Å². The second-order valence-electron chi connectivity index (χ2n) is 8.66. The molecule has 0 rings (SSSR count). The van der Waals surface area contributed by atoms with Gasteiger partial charge in [-0.2, -0.15) is 101 Å². The summed E-state index contributed by atoms with van der Waals surface area (Å²) in [5.74, 6) is -88.2. The Morgan fingerprint density at radius 2 is 0.660 bits per heavy atom. The fourth-order valence-corrected chi connectivity index (χ4v) is 2.24. The number of hydrogen-bond donors (Lipinski definition) is 3. The van der Waals surface area contributed by atoms with Crippen molar-refractivity contribution < 1.29 is 140 Å². The Bertz CT molecular complexity index is 1380. The molecular weight excluding hydrogens is 829 g/mol. The number of alkyl halides is 23. The number of hydrogen-bond acceptors (Lipinski definition) is 5. The number of carboxylic acids is 3. The molecule has 0 heterocycles. The van der Waals surface area contributed by atoms with E-state index in [2.05, 4.69) is 11.3 Å². The molecule has 0 atom stereocenters. The minimum Gasteiger partial charge on any atom is -0.478 e. The number of aliphatic carboxylic acids is 3. The van der Waals surface area contributed by atoms with Gasteiger partial charge in [0.1, 0.15) is 0 Å². The van der Waals surface area contributed by atoms with E-state index in [1.807, 2.05) is 0 Å². The van der Waals surface area contributed by atoms with Crippen molar-refractivity contribution in [1.29, 1.82) is 0 Å². The van der Waals surface area contributed by atoms with Crippen LogP contribution in [0.25, 0.3) is 0 Å². The van der Waals surface area contributed by atoms with Crippen molar-refractivity contribution in [2.45, 2.75) is 72.5 Å². The van der Waals surface area contributed by atoms with Gasteiger partial charge in [-0.15, -0.1) is 0 Å². The van der Waals surface area contributed by atoms with Crippen LogP contribution in [0.1, 0.15) is 6.92 Å². The Kier molecular flexibility index (Phi) is 16.2. The van der Waals surface area contributed by atoms with Crippen LogP contribution >= 0.6 is 0 Å². The molecule has 0 aliphatic carbocycles. The fraction of sp³-hybridized carbons (Fsp3) is 0.545. The first-order chi connectivity index (χ1) is 22.9. The molecule has 53 heavy (non-hydrogen) atoms. The Morgan fingerprint density at radius 1 is 0.434 bits per heavy atom. The van der Waals surface area contributed by atoms with Crippen molar-refractivity contribution in [1.82, 2.24) is 0 Å². The first-order valence-electron chi connectivity index (χ1n) is 11.5. The SMILES string of the molecule is C/C=C/C(=O)OC(F)(F)C(F)(F)C(F)(F)C(F)(F)C(F)(F)C(F)(F)C(F)(F)C(F)(F)C(F)(F)C(F)(F)C(F)(F)F.C=CC(=O)O.O=C(O)/C=C\C(=O)O. The highest BCUT2D eigenvalue weighted by molar-refractivity contribution is 5.89. The molecule has 0 aromatic rings. The second-order valence-corrected chi connectivity index (χ2v) is 8.66. The lowest BCUT2D eigenvalue weighted by atomic mass is 9.86. The van der Waals surface area contributed by atoms with Crippen molar-refractivity contribution >= 4 is 23.9 Å². The molecule has 0 spiro atoms. The molecule has 0 saturated carbocycles. The van der Waals surface area contributed by atoms with Crippen LogP contribution in [0.4, 0.5) is 101 Å². The second kappa shape index (κ2) is 16.2. The highest BCUT2D eigenvalue weighted by atomic mass is 19.4. The van der Waals surface area contributed by atoms with Crippen LogP contribution in [0.2, 0.25) is 0 Å². The minimum absolute atomic E-state index is 0.276. The number of rotatable bonds is 14. The zero-order valence-electron chi connectivity index (χ0n) is 24.2. The first kappa shape index (κ1) is 52.8. The van der Waals surface area contributed by atoms with E-state index in [1.165, 1.54) is 0 Å². The average molecular weight is 842 g/mol. The molecular formula is C22H13F23O8. The number of esters is 1. The smallest absolute Gasteiger partial charge is 0.473 e. The Hall–Kier alpha value is -4.51.